The fourth-order valence-corrected chi connectivity index (χ4v) is 3.65. The van der Waals surface area contributed by atoms with Gasteiger partial charge in [0, 0.05) is 36.8 Å². The molecule has 3 aliphatic heterocycles. The van der Waals surface area contributed by atoms with Crippen LogP contribution in [0.5, 0.6) is 0 Å². The smallest absolute Gasteiger partial charge is 0.150 e. The van der Waals surface area contributed by atoms with Crippen LogP contribution in [-0.2, 0) is 0 Å². The number of hydrogen-bond donors (Lipinski definition) is 1. The third-order valence-corrected chi connectivity index (χ3v) is 4.79. The summed E-state index contributed by atoms with van der Waals surface area (Å²) >= 11 is 1.70. The molecule has 0 aromatic heterocycles. The highest BCUT2D eigenvalue weighted by molar-refractivity contribution is 7.96. The molecule has 0 spiro atoms. The number of fused-ring (bicyclic) bond motifs is 1. The quantitative estimate of drug-likeness (QED) is 0.809. The van der Waals surface area contributed by atoms with Crippen LogP contribution >= 0.6 is 11.9 Å². The molecule has 0 aromatic carbocycles. The van der Waals surface area contributed by atoms with Crippen LogP contribution in [0.25, 0.3) is 0 Å². The Morgan fingerprint density at radius 2 is 2.35 bits per heavy atom. The van der Waals surface area contributed by atoms with Gasteiger partial charge in [0.2, 0.25) is 0 Å². The first-order chi connectivity index (χ1) is 9.74. The molecule has 0 bridgehead atoms. The number of rotatable bonds is 4. The average molecular weight is 290 g/mol. The Hall–Kier alpha value is -1.07. The van der Waals surface area contributed by atoms with Crippen molar-refractivity contribution in [3.8, 4) is 0 Å². The maximum Gasteiger partial charge on any atom is 0.150 e. The minimum absolute atomic E-state index is 0.431. The van der Waals surface area contributed by atoms with Crippen molar-refractivity contribution in [3.63, 3.8) is 0 Å². The SMILES string of the molecule is CCC1C=CN=C1C1=NCC(C)=C2CC(NSC)CN12. The molecule has 0 aliphatic carbocycles. The fraction of sp³-hybridized carbons (Fsp3) is 0.600. The Morgan fingerprint density at radius 3 is 3.10 bits per heavy atom. The van der Waals surface area contributed by atoms with Crippen LogP contribution in [0.2, 0.25) is 0 Å². The van der Waals surface area contributed by atoms with Gasteiger partial charge in [-0.1, -0.05) is 24.9 Å². The predicted molar refractivity (Wildman–Crippen MR) is 87.1 cm³/mol. The lowest BCUT2D eigenvalue weighted by atomic mass is 9.99. The second kappa shape index (κ2) is 5.74. The van der Waals surface area contributed by atoms with Gasteiger partial charge in [-0.15, -0.1) is 0 Å². The zero-order valence-electron chi connectivity index (χ0n) is 12.4. The summed E-state index contributed by atoms with van der Waals surface area (Å²) in [5, 5.41) is 0. The maximum absolute atomic E-state index is 4.81. The Kier molecular flexibility index (Phi) is 3.98. The van der Waals surface area contributed by atoms with Crippen LogP contribution in [-0.4, -0.2) is 41.8 Å². The summed E-state index contributed by atoms with van der Waals surface area (Å²) in [6.07, 6.45) is 8.41. The van der Waals surface area contributed by atoms with Gasteiger partial charge in [0.1, 0.15) is 0 Å². The van der Waals surface area contributed by atoms with Gasteiger partial charge in [-0.3, -0.25) is 14.7 Å². The molecule has 2 atom stereocenters. The Morgan fingerprint density at radius 1 is 1.50 bits per heavy atom. The highest BCUT2D eigenvalue weighted by atomic mass is 32.2. The number of nitrogens with one attached hydrogen (secondary N) is 1. The number of allylic oxidation sites excluding steroid dienone is 1. The number of amidine groups is 1. The molecule has 1 N–H and O–H groups in total. The molecule has 108 valence electrons. The van der Waals surface area contributed by atoms with Crippen LogP contribution < -0.4 is 4.72 Å². The van der Waals surface area contributed by atoms with E-state index in [1.165, 1.54) is 11.3 Å². The van der Waals surface area contributed by atoms with Crippen molar-refractivity contribution in [3.05, 3.63) is 23.5 Å². The standard InChI is InChI=1S/C15H22N4S/c1-4-11-5-6-16-14(11)15-17-8-10(2)13-7-12(18-20-3)9-19(13)15/h5-6,11-12,18H,4,7-9H2,1-3H3. The molecule has 3 heterocycles. The van der Waals surface area contributed by atoms with Crippen molar-refractivity contribution in [2.75, 3.05) is 19.3 Å². The Bertz CT molecular complexity index is 518. The minimum atomic E-state index is 0.431. The lowest BCUT2D eigenvalue weighted by Gasteiger charge is -2.29. The number of hydrogen-bond acceptors (Lipinski definition) is 5. The van der Waals surface area contributed by atoms with E-state index in [0.717, 1.165) is 37.5 Å². The summed E-state index contributed by atoms with van der Waals surface area (Å²) < 4.78 is 3.49. The zero-order chi connectivity index (χ0) is 14.1. The summed E-state index contributed by atoms with van der Waals surface area (Å²) in [5.41, 5.74) is 4.01. The van der Waals surface area contributed by atoms with Crippen LogP contribution in [0.4, 0.5) is 0 Å². The monoisotopic (exact) mass is 290 g/mol. The number of aliphatic imine (C=N–C) groups is 2. The van der Waals surface area contributed by atoms with Crippen molar-refractivity contribution in [2.24, 2.45) is 15.9 Å². The molecule has 5 heteroatoms. The predicted octanol–water partition coefficient (Wildman–Crippen LogP) is 2.61. The van der Waals surface area contributed by atoms with E-state index in [2.05, 4.69) is 40.8 Å². The van der Waals surface area contributed by atoms with Crippen molar-refractivity contribution >= 4 is 23.5 Å². The molecule has 0 aromatic rings. The Labute approximate surface area is 125 Å². The number of nitrogens with zero attached hydrogens (tertiary/aromatic N) is 3. The van der Waals surface area contributed by atoms with Crippen molar-refractivity contribution in [2.45, 2.75) is 32.7 Å². The van der Waals surface area contributed by atoms with Gasteiger partial charge in [-0.05, 0) is 25.2 Å². The van der Waals surface area contributed by atoms with Gasteiger partial charge in [0.25, 0.3) is 0 Å². The van der Waals surface area contributed by atoms with Crippen molar-refractivity contribution < 1.29 is 0 Å². The molecule has 1 fully saturated rings. The fourth-order valence-electron chi connectivity index (χ4n) is 3.16. The van der Waals surface area contributed by atoms with E-state index in [1.807, 2.05) is 6.20 Å². The molecule has 1 saturated heterocycles. The summed E-state index contributed by atoms with van der Waals surface area (Å²) in [7, 11) is 0. The largest absolute Gasteiger partial charge is 0.327 e. The summed E-state index contributed by atoms with van der Waals surface area (Å²) in [4.78, 5) is 11.8. The molecule has 0 saturated carbocycles. The molecule has 0 radical (unpaired) electrons. The van der Waals surface area contributed by atoms with E-state index in [1.54, 1.807) is 11.9 Å². The van der Waals surface area contributed by atoms with Gasteiger partial charge >= 0.3 is 0 Å². The first kappa shape index (κ1) is 13.9. The third-order valence-electron chi connectivity index (χ3n) is 4.22. The molecule has 3 rings (SSSR count). The molecule has 3 aliphatic rings. The normalized spacial score (nSPS) is 28.9. The van der Waals surface area contributed by atoms with Gasteiger partial charge in [0.05, 0.1) is 12.3 Å². The van der Waals surface area contributed by atoms with Crippen molar-refractivity contribution in [1.29, 1.82) is 0 Å². The van der Waals surface area contributed by atoms with Crippen LogP contribution in [0, 0.1) is 5.92 Å². The van der Waals surface area contributed by atoms with E-state index in [4.69, 9.17) is 4.99 Å². The zero-order valence-corrected chi connectivity index (χ0v) is 13.2. The van der Waals surface area contributed by atoms with E-state index >= 15 is 0 Å². The van der Waals surface area contributed by atoms with Crippen LogP contribution in [0.1, 0.15) is 26.7 Å². The first-order valence-electron chi connectivity index (χ1n) is 7.28. The third kappa shape index (κ3) is 2.33. The van der Waals surface area contributed by atoms with Gasteiger partial charge in [-0.25, -0.2) is 0 Å². The van der Waals surface area contributed by atoms with E-state index in [0.29, 0.717) is 12.0 Å². The van der Waals surface area contributed by atoms with Gasteiger partial charge in [-0.2, -0.15) is 0 Å². The molecule has 4 nitrogen and oxygen atoms in total. The first-order valence-corrected chi connectivity index (χ1v) is 8.51. The lowest BCUT2D eigenvalue weighted by molar-refractivity contribution is 0.541. The van der Waals surface area contributed by atoms with Gasteiger partial charge < -0.3 is 4.90 Å². The minimum Gasteiger partial charge on any atom is -0.327 e. The Balaban J connectivity index is 1.84. The van der Waals surface area contributed by atoms with E-state index in [9.17, 15) is 0 Å². The molecular formula is C15H22N4S. The van der Waals surface area contributed by atoms with Crippen LogP contribution in [0.15, 0.2) is 33.5 Å². The van der Waals surface area contributed by atoms with Crippen LogP contribution in [0.3, 0.4) is 0 Å². The maximum atomic E-state index is 4.81. The van der Waals surface area contributed by atoms with E-state index < -0.39 is 0 Å². The van der Waals surface area contributed by atoms with E-state index in [-0.39, 0.29) is 0 Å². The molecule has 2 unspecified atom stereocenters. The average Bonchev–Trinajstić information content (AvgIpc) is 3.06. The second-order valence-corrected chi connectivity index (χ2v) is 6.22. The molecular weight excluding hydrogens is 268 g/mol. The highest BCUT2D eigenvalue weighted by Gasteiger charge is 2.36. The summed E-state index contributed by atoms with van der Waals surface area (Å²) in [6, 6.07) is 0.508. The second-order valence-electron chi connectivity index (χ2n) is 5.57. The van der Waals surface area contributed by atoms with Crippen molar-refractivity contribution in [1.82, 2.24) is 9.62 Å². The molecule has 0 amide bonds. The highest BCUT2D eigenvalue weighted by Crippen LogP contribution is 2.31. The molecule has 20 heavy (non-hydrogen) atoms. The summed E-state index contributed by atoms with van der Waals surface area (Å²) in [5.74, 6) is 1.54. The lowest BCUT2D eigenvalue weighted by Crippen LogP contribution is -2.40. The topological polar surface area (TPSA) is 40.0 Å². The van der Waals surface area contributed by atoms with Gasteiger partial charge in [0.15, 0.2) is 5.84 Å². The summed E-state index contributed by atoms with van der Waals surface area (Å²) in [6.45, 7) is 6.24.